The van der Waals surface area contributed by atoms with Gasteiger partial charge in [0.25, 0.3) is 5.91 Å². The molecule has 2 aromatic rings. The highest BCUT2D eigenvalue weighted by Gasteiger charge is 2.16. The van der Waals surface area contributed by atoms with Gasteiger partial charge < -0.3 is 0 Å². The maximum atomic E-state index is 11.8. The Labute approximate surface area is 119 Å². The van der Waals surface area contributed by atoms with Gasteiger partial charge in [0.05, 0.1) is 30.3 Å². The lowest BCUT2D eigenvalue weighted by Crippen LogP contribution is -2.22. The van der Waals surface area contributed by atoms with Crippen LogP contribution in [0.15, 0.2) is 34.9 Å². The number of nitrogens with zero attached hydrogens (tertiary/aromatic N) is 2. The van der Waals surface area contributed by atoms with Crippen molar-refractivity contribution in [3.8, 4) is 5.69 Å². The van der Waals surface area contributed by atoms with Gasteiger partial charge in [-0.1, -0.05) is 22.9 Å². The highest BCUT2D eigenvalue weighted by atomic mass is 79.9. The highest BCUT2D eigenvalue weighted by Crippen LogP contribution is 2.18. The van der Waals surface area contributed by atoms with Crippen LogP contribution in [0.2, 0.25) is 0 Å². The Hall–Kier alpha value is -1.66. The summed E-state index contributed by atoms with van der Waals surface area (Å²) in [7, 11) is 1.41. The number of hydrogen-bond donors (Lipinski definition) is 1. The molecule has 6 heteroatoms. The van der Waals surface area contributed by atoms with Crippen LogP contribution in [0.4, 0.5) is 0 Å². The number of benzene rings is 1. The van der Waals surface area contributed by atoms with Crippen molar-refractivity contribution in [3.63, 3.8) is 0 Å². The van der Waals surface area contributed by atoms with Crippen LogP contribution in [-0.4, -0.2) is 22.8 Å². The van der Waals surface area contributed by atoms with Crippen LogP contribution in [-0.2, 0) is 11.3 Å². The molecule has 0 saturated carbocycles. The number of carbonyl (C=O) groups excluding carboxylic acids is 1. The molecule has 1 aromatic carbocycles. The van der Waals surface area contributed by atoms with Crippen molar-refractivity contribution in [2.45, 2.75) is 13.3 Å². The van der Waals surface area contributed by atoms with E-state index in [1.54, 1.807) is 10.9 Å². The summed E-state index contributed by atoms with van der Waals surface area (Å²) < 4.78 is 2.76. The fourth-order valence-corrected chi connectivity index (χ4v) is 2.12. The Kier molecular flexibility index (Phi) is 4.34. The molecule has 0 atom stereocenters. The van der Waals surface area contributed by atoms with Crippen LogP contribution in [0, 0.1) is 0 Å². The lowest BCUT2D eigenvalue weighted by Gasteiger charge is -2.08. The van der Waals surface area contributed by atoms with E-state index in [4.69, 9.17) is 0 Å². The Morgan fingerprint density at radius 3 is 2.68 bits per heavy atom. The molecule has 0 saturated heterocycles. The highest BCUT2D eigenvalue weighted by molar-refractivity contribution is 9.10. The summed E-state index contributed by atoms with van der Waals surface area (Å²) in [4.78, 5) is 16.5. The number of rotatable bonds is 4. The number of carbonyl (C=O) groups is 1. The zero-order chi connectivity index (χ0) is 13.8. The first kappa shape index (κ1) is 13.8. The summed E-state index contributed by atoms with van der Waals surface area (Å²) in [6.45, 7) is 1.98. The molecular weight excluding hydrogens is 310 g/mol. The third-order valence-corrected chi connectivity index (χ3v) is 3.24. The van der Waals surface area contributed by atoms with Crippen molar-refractivity contribution in [1.29, 1.82) is 0 Å². The van der Waals surface area contributed by atoms with Gasteiger partial charge in [0, 0.05) is 4.47 Å². The second kappa shape index (κ2) is 5.99. The fourth-order valence-electron chi connectivity index (χ4n) is 1.86. The normalized spacial score (nSPS) is 10.5. The molecule has 1 heterocycles. The lowest BCUT2D eigenvalue weighted by atomic mass is 10.2. The maximum absolute atomic E-state index is 11.8. The standard InChI is InChI=1S/C13H14BrN3O2/c1-3-12-11(13(18)16-19-2)8-15-17(12)10-6-4-9(14)5-7-10/h4-8H,3H2,1-2H3,(H,16,18). The van der Waals surface area contributed by atoms with Gasteiger partial charge in [-0.3, -0.25) is 9.63 Å². The van der Waals surface area contributed by atoms with E-state index >= 15 is 0 Å². The van der Waals surface area contributed by atoms with Gasteiger partial charge in [0.2, 0.25) is 0 Å². The molecule has 5 nitrogen and oxygen atoms in total. The van der Waals surface area contributed by atoms with E-state index in [1.807, 2.05) is 31.2 Å². The molecule has 1 amide bonds. The zero-order valence-electron chi connectivity index (χ0n) is 10.7. The molecule has 19 heavy (non-hydrogen) atoms. The molecule has 0 unspecified atom stereocenters. The van der Waals surface area contributed by atoms with E-state index < -0.39 is 0 Å². The van der Waals surface area contributed by atoms with Crippen molar-refractivity contribution in [1.82, 2.24) is 15.3 Å². The molecule has 100 valence electrons. The smallest absolute Gasteiger partial charge is 0.277 e. The molecule has 0 aliphatic carbocycles. The molecule has 0 radical (unpaired) electrons. The van der Waals surface area contributed by atoms with Gasteiger partial charge in [0.1, 0.15) is 0 Å². The average Bonchev–Trinajstić information content (AvgIpc) is 2.83. The number of amides is 1. The minimum atomic E-state index is -0.289. The fraction of sp³-hybridized carbons (Fsp3) is 0.231. The molecule has 0 spiro atoms. The van der Waals surface area contributed by atoms with Crippen LogP contribution >= 0.6 is 15.9 Å². The number of halogens is 1. The molecule has 0 aliphatic rings. The second-order valence-corrected chi connectivity index (χ2v) is 4.80. The summed E-state index contributed by atoms with van der Waals surface area (Å²) in [6, 6.07) is 7.75. The first-order chi connectivity index (χ1) is 9.17. The third-order valence-electron chi connectivity index (χ3n) is 2.71. The average molecular weight is 324 g/mol. The molecule has 1 aromatic heterocycles. The Morgan fingerprint density at radius 2 is 2.11 bits per heavy atom. The summed E-state index contributed by atoms with van der Waals surface area (Å²) in [5.41, 5.74) is 4.59. The van der Waals surface area contributed by atoms with Gasteiger partial charge in [-0.25, -0.2) is 10.2 Å². The predicted octanol–water partition coefficient (Wildman–Crippen LogP) is 2.49. The Morgan fingerprint density at radius 1 is 1.42 bits per heavy atom. The molecule has 0 fully saturated rings. The number of nitrogens with one attached hydrogen (secondary N) is 1. The van der Waals surface area contributed by atoms with Crippen LogP contribution in [0.5, 0.6) is 0 Å². The number of hydroxylamine groups is 1. The second-order valence-electron chi connectivity index (χ2n) is 3.88. The Balaban J connectivity index is 2.42. The first-order valence-corrected chi connectivity index (χ1v) is 6.62. The summed E-state index contributed by atoms with van der Waals surface area (Å²) in [5.74, 6) is -0.289. The molecule has 0 bridgehead atoms. The summed E-state index contributed by atoms with van der Waals surface area (Å²) in [6.07, 6.45) is 2.25. The van der Waals surface area contributed by atoms with Gasteiger partial charge in [-0.05, 0) is 30.7 Å². The molecule has 2 rings (SSSR count). The monoisotopic (exact) mass is 323 g/mol. The van der Waals surface area contributed by atoms with Crippen molar-refractivity contribution in [3.05, 3.63) is 46.2 Å². The third kappa shape index (κ3) is 2.85. The lowest BCUT2D eigenvalue weighted by molar-refractivity contribution is 0.0536. The zero-order valence-corrected chi connectivity index (χ0v) is 12.3. The van der Waals surface area contributed by atoms with Gasteiger partial charge in [0.15, 0.2) is 0 Å². The Bertz CT molecular complexity index is 578. The van der Waals surface area contributed by atoms with E-state index in [-0.39, 0.29) is 5.91 Å². The first-order valence-electron chi connectivity index (χ1n) is 5.83. The number of aromatic nitrogens is 2. The van der Waals surface area contributed by atoms with Crippen molar-refractivity contribution >= 4 is 21.8 Å². The molecular formula is C13H14BrN3O2. The molecule has 0 aliphatic heterocycles. The van der Waals surface area contributed by atoms with Crippen molar-refractivity contribution in [2.24, 2.45) is 0 Å². The maximum Gasteiger partial charge on any atom is 0.278 e. The van der Waals surface area contributed by atoms with Crippen molar-refractivity contribution < 1.29 is 9.63 Å². The van der Waals surface area contributed by atoms with E-state index in [1.165, 1.54) is 7.11 Å². The minimum Gasteiger partial charge on any atom is -0.277 e. The van der Waals surface area contributed by atoms with Gasteiger partial charge in [-0.15, -0.1) is 0 Å². The minimum absolute atomic E-state index is 0.289. The SMILES string of the molecule is CCc1c(C(=O)NOC)cnn1-c1ccc(Br)cc1. The van der Waals surface area contributed by atoms with E-state index in [0.29, 0.717) is 12.0 Å². The number of hydrogen-bond acceptors (Lipinski definition) is 3. The van der Waals surface area contributed by atoms with E-state index in [0.717, 1.165) is 15.9 Å². The summed E-state index contributed by atoms with van der Waals surface area (Å²) in [5, 5.41) is 4.28. The topological polar surface area (TPSA) is 56.1 Å². The van der Waals surface area contributed by atoms with Crippen LogP contribution in [0.1, 0.15) is 23.0 Å². The van der Waals surface area contributed by atoms with E-state index in [2.05, 4.69) is 31.3 Å². The van der Waals surface area contributed by atoms with Crippen molar-refractivity contribution in [2.75, 3.05) is 7.11 Å². The van der Waals surface area contributed by atoms with Crippen LogP contribution in [0.25, 0.3) is 5.69 Å². The van der Waals surface area contributed by atoms with E-state index in [9.17, 15) is 4.79 Å². The predicted molar refractivity (Wildman–Crippen MR) is 75.1 cm³/mol. The molecule has 1 N–H and O–H groups in total. The van der Waals surface area contributed by atoms with Gasteiger partial charge >= 0.3 is 0 Å². The summed E-state index contributed by atoms with van der Waals surface area (Å²) >= 11 is 3.39. The van der Waals surface area contributed by atoms with Crippen LogP contribution < -0.4 is 5.48 Å². The quantitative estimate of drug-likeness (QED) is 0.879. The van der Waals surface area contributed by atoms with Crippen LogP contribution in [0.3, 0.4) is 0 Å². The largest absolute Gasteiger partial charge is 0.278 e. The van der Waals surface area contributed by atoms with Gasteiger partial charge in [-0.2, -0.15) is 5.10 Å².